The summed E-state index contributed by atoms with van der Waals surface area (Å²) in [5.74, 6) is 1.32. The second-order valence-electron chi connectivity index (χ2n) is 6.93. The average Bonchev–Trinajstić information content (AvgIpc) is 3.20. The van der Waals surface area contributed by atoms with Crippen LogP contribution < -0.4 is 9.62 Å². The van der Waals surface area contributed by atoms with Gasteiger partial charge in [-0.05, 0) is 56.3 Å². The zero-order valence-electron chi connectivity index (χ0n) is 17.3. The lowest BCUT2D eigenvalue weighted by molar-refractivity contribution is 0.601. The van der Waals surface area contributed by atoms with Gasteiger partial charge in [0.1, 0.15) is 4.90 Å². The van der Waals surface area contributed by atoms with Gasteiger partial charge in [0.15, 0.2) is 17.3 Å². The third-order valence-corrected chi connectivity index (χ3v) is 7.04. The molecule has 0 radical (unpaired) electrons. The van der Waals surface area contributed by atoms with Crippen molar-refractivity contribution in [1.29, 1.82) is 0 Å². The molecule has 0 fully saturated rings. The lowest BCUT2D eigenvalue weighted by Crippen LogP contribution is -2.22. The van der Waals surface area contributed by atoms with Gasteiger partial charge in [-0.1, -0.05) is 23.2 Å². The van der Waals surface area contributed by atoms with Crippen LogP contribution in [0.5, 0.6) is 0 Å². The zero-order valence-corrected chi connectivity index (χ0v) is 19.6. The summed E-state index contributed by atoms with van der Waals surface area (Å²) in [6.45, 7) is 5.79. The first kappa shape index (κ1) is 22.3. The summed E-state index contributed by atoms with van der Waals surface area (Å²) in [5.41, 5.74) is 1.74. The molecular formula is C21H20Cl2N6O2S. The number of hydrogen-bond acceptors (Lipinski definition) is 6. The van der Waals surface area contributed by atoms with Crippen LogP contribution in [0.1, 0.15) is 13.8 Å². The summed E-state index contributed by atoms with van der Waals surface area (Å²) in [5, 5.41) is 8.54. The molecule has 166 valence electrons. The number of fused-ring (bicyclic) bond motifs is 1. The van der Waals surface area contributed by atoms with Crippen molar-refractivity contribution in [2.24, 2.45) is 0 Å². The molecule has 0 aliphatic heterocycles. The number of halogens is 2. The fourth-order valence-corrected chi connectivity index (χ4v) is 5.10. The molecule has 0 atom stereocenters. The van der Waals surface area contributed by atoms with Gasteiger partial charge in [-0.3, -0.25) is 9.82 Å². The van der Waals surface area contributed by atoms with E-state index in [-0.39, 0.29) is 14.9 Å². The summed E-state index contributed by atoms with van der Waals surface area (Å²) in [6.07, 6.45) is 1.74. The molecule has 0 bridgehead atoms. The van der Waals surface area contributed by atoms with Crippen LogP contribution in [0, 0.1) is 0 Å². The van der Waals surface area contributed by atoms with Gasteiger partial charge in [0.05, 0.1) is 10.4 Å². The van der Waals surface area contributed by atoms with Gasteiger partial charge in [0.2, 0.25) is 0 Å². The van der Waals surface area contributed by atoms with Crippen LogP contribution in [0.2, 0.25) is 10.0 Å². The highest BCUT2D eigenvalue weighted by Gasteiger charge is 2.19. The van der Waals surface area contributed by atoms with Crippen LogP contribution in [-0.2, 0) is 10.0 Å². The van der Waals surface area contributed by atoms with Crippen molar-refractivity contribution < 1.29 is 8.42 Å². The Morgan fingerprint density at radius 2 is 1.78 bits per heavy atom. The van der Waals surface area contributed by atoms with E-state index in [4.69, 9.17) is 23.2 Å². The van der Waals surface area contributed by atoms with Crippen molar-refractivity contribution >= 4 is 55.8 Å². The zero-order chi connectivity index (χ0) is 22.9. The SMILES string of the molecule is CCN(CC)c1n[nH]c2nc(-c3ccc(NS(=O)(=O)c4cc(Cl)ccc4Cl)cc3)ncc12. The number of aromatic amines is 1. The fraction of sp³-hybridized carbons (Fsp3) is 0.190. The Bertz CT molecular complexity index is 1370. The molecule has 0 unspecified atom stereocenters. The lowest BCUT2D eigenvalue weighted by Gasteiger charge is -2.17. The molecule has 0 aliphatic rings. The van der Waals surface area contributed by atoms with Gasteiger partial charge in [-0.2, -0.15) is 5.10 Å². The van der Waals surface area contributed by atoms with Gasteiger partial charge in [0.25, 0.3) is 10.0 Å². The van der Waals surface area contributed by atoms with E-state index in [0.717, 1.165) is 29.9 Å². The maximum Gasteiger partial charge on any atom is 0.263 e. The Morgan fingerprint density at radius 1 is 1.06 bits per heavy atom. The first-order valence-electron chi connectivity index (χ1n) is 9.86. The van der Waals surface area contributed by atoms with Crippen molar-refractivity contribution in [2.45, 2.75) is 18.7 Å². The number of aromatic nitrogens is 4. The second kappa shape index (κ2) is 8.93. The molecule has 2 aromatic heterocycles. The summed E-state index contributed by atoms with van der Waals surface area (Å²) >= 11 is 12.0. The van der Waals surface area contributed by atoms with Crippen LogP contribution in [-0.4, -0.2) is 41.7 Å². The number of nitrogens with one attached hydrogen (secondary N) is 2. The van der Waals surface area contributed by atoms with Gasteiger partial charge < -0.3 is 4.90 Å². The van der Waals surface area contributed by atoms with E-state index >= 15 is 0 Å². The molecule has 4 rings (SSSR count). The monoisotopic (exact) mass is 490 g/mol. The normalized spacial score (nSPS) is 11.6. The van der Waals surface area contributed by atoms with Crippen LogP contribution >= 0.6 is 23.2 Å². The molecule has 4 aromatic rings. The molecule has 11 heteroatoms. The van der Waals surface area contributed by atoms with Crippen molar-refractivity contribution in [3.8, 4) is 11.4 Å². The average molecular weight is 491 g/mol. The van der Waals surface area contributed by atoms with Gasteiger partial charge in [-0.15, -0.1) is 0 Å². The van der Waals surface area contributed by atoms with Gasteiger partial charge >= 0.3 is 0 Å². The van der Waals surface area contributed by atoms with Crippen molar-refractivity contribution in [3.05, 3.63) is 58.7 Å². The number of rotatable bonds is 7. The molecule has 32 heavy (non-hydrogen) atoms. The predicted octanol–water partition coefficient (Wildman–Crippen LogP) is 4.97. The highest BCUT2D eigenvalue weighted by atomic mass is 35.5. The fourth-order valence-electron chi connectivity index (χ4n) is 3.28. The second-order valence-corrected chi connectivity index (χ2v) is 9.43. The van der Waals surface area contributed by atoms with E-state index in [9.17, 15) is 8.42 Å². The molecular weight excluding hydrogens is 471 g/mol. The Morgan fingerprint density at radius 3 is 2.47 bits per heavy atom. The van der Waals surface area contributed by atoms with E-state index in [2.05, 4.69) is 43.6 Å². The molecule has 2 N–H and O–H groups in total. The Kier molecular flexibility index (Phi) is 6.23. The van der Waals surface area contributed by atoms with Crippen molar-refractivity contribution in [3.63, 3.8) is 0 Å². The lowest BCUT2D eigenvalue weighted by atomic mass is 10.2. The smallest absolute Gasteiger partial charge is 0.263 e. The summed E-state index contributed by atoms with van der Waals surface area (Å²) in [6, 6.07) is 11.0. The minimum Gasteiger partial charge on any atom is -0.355 e. The molecule has 0 spiro atoms. The maximum absolute atomic E-state index is 12.7. The van der Waals surface area contributed by atoms with Crippen LogP contribution in [0.4, 0.5) is 11.5 Å². The van der Waals surface area contributed by atoms with E-state index in [1.54, 1.807) is 30.5 Å². The molecule has 2 aromatic carbocycles. The topological polar surface area (TPSA) is 104 Å². The van der Waals surface area contributed by atoms with E-state index in [1.807, 2.05) is 0 Å². The third-order valence-electron chi connectivity index (χ3n) is 4.94. The van der Waals surface area contributed by atoms with Crippen LogP contribution in [0.3, 0.4) is 0 Å². The molecule has 0 aliphatic carbocycles. The Hall–Kier alpha value is -2.88. The summed E-state index contributed by atoms with van der Waals surface area (Å²) < 4.78 is 27.9. The highest BCUT2D eigenvalue weighted by Crippen LogP contribution is 2.28. The van der Waals surface area contributed by atoms with Crippen molar-refractivity contribution in [1.82, 2.24) is 20.2 Å². The first-order chi connectivity index (χ1) is 15.3. The molecule has 2 heterocycles. The highest BCUT2D eigenvalue weighted by molar-refractivity contribution is 7.92. The number of nitrogens with zero attached hydrogens (tertiary/aromatic N) is 4. The maximum atomic E-state index is 12.7. The number of H-pyrrole nitrogens is 1. The summed E-state index contributed by atoms with van der Waals surface area (Å²) in [7, 11) is -3.90. The number of hydrogen-bond donors (Lipinski definition) is 2. The van der Waals surface area contributed by atoms with E-state index in [1.165, 1.54) is 18.2 Å². The van der Waals surface area contributed by atoms with E-state index < -0.39 is 10.0 Å². The minimum absolute atomic E-state index is 0.0869. The third kappa shape index (κ3) is 4.36. The standard InChI is InChI=1S/C21H20Cl2N6O2S/c1-3-29(4-2)21-16-12-24-19(25-20(16)26-27-21)13-5-8-15(9-6-13)28-32(30,31)18-11-14(22)7-10-17(18)23/h5-12,28H,3-4H2,1-2H3,(H,24,25,26,27). The molecule has 0 saturated carbocycles. The summed E-state index contributed by atoms with van der Waals surface area (Å²) in [4.78, 5) is 11.1. The quantitative estimate of drug-likeness (QED) is 0.378. The number of anilines is 2. The number of benzene rings is 2. The van der Waals surface area contributed by atoms with Crippen molar-refractivity contribution in [2.75, 3.05) is 22.7 Å². The van der Waals surface area contributed by atoms with Crippen LogP contribution in [0.25, 0.3) is 22.4 Å². The van der Waals surface area contributed by atoms with E-state index in [0.29, 0.717) is 17.2 Å². The predicted molar refractivity (Wildman–Crippen MR) is 128 cm³/mol. The number of sulfonamides is 1. The molecule has 0 amide bonds. The Balaban J connectivity index is 1.58. The molecule has 0 saturated heterocycles. The molecule has 8 nitrogen and oxygen atoms in total. The van der Waals surface area contributed by atoms with Crippen LogP contribution in [0.15, 0.2) is 53.6 Å². The Labute approximate surface area is 195 Å². The first-order valence-corrected chi connectivity index (χ1v) is 12.1. The van der Waals surface area contributed by atoms with Gasteiger partial charge in [0, 0.05) is 35.6 Å². The largest absolute Gasteiger partial charge is 0.355 e. The minimum atomic E-state index is -3.90. The van der Waals surface area contributed by atoms with Gasteiger partial charge in [-0.25, -0.2) is 18.4 Å².